The van der Waals surface area contributed by atoms with Crippen molar-refractivity contribution in [2.75, 3.05) is 24.6 Å². The van der Waals surface area contributed by atoms with Gasteiger partial charge in [0.15, 0.2) is 10.9 Å². The molecule has 0 bridgehead atoms. The zero-order valence-corrected chi connectivity index (χ0v) is 17.6. The van der Waals surface area contributed by atoms with Gasteiger partial charge in [-0.1, -0.05) is 42.1 Å². The summed E-state index contributed by atoms with van der Waals surface area (Å²) in [7, 11) is 1.63. The Labute approximate surface area is 177 Å². The average molecular weight is 425 g/mol. The highest BCUT2D eigenvalue weighted by Gasteiger charge is 2.19. The van der Waals surface area contributed by atoms with Crippen molar-refractivity contribution in [2.45, 2.75) is 11.4 Å². The van der Waals surface area contributed by atoms with Gasteiger partial charge in [0.25, 0.3) is 0 Å². The van der Waals surface area contributed by atoms with Gasteiger partial charge in [-0.2, -0.15) is 5.26 Å². The van der Waals surface area contributed by atoms with Crippen molar-refractivity contribution in [3.63, 3.8) is 0 Å². The number of nitrogens with zero attached hydrogens (tertiary/aromatic N) is 4. The Morgan fingerprint density at radius 3 is 2.62 bits per heavy atom. The summed E-state index contributed by atoms with van der Waals surface area (Å²) >= 11 is 0.287. The normalized spacial score (nSPS) is 11.8. The van der Waals surface area contributed by atoms with Gasteiger partial charge in [-0.15, -0.1) is 0 Å². The molecule has 148 valence electrons. The van der Waals surface area contributed by atoms with Gasteiger partial charge < -0.3 is 9.29 Å². The topological polar surface area (TPSA) is 94.8 Å². The fraction of sp³-hybridized carbons (Fsp3) is 0.238. The van der Waals surface area contributed by atoms with Crippen molar-refractivity contribution in [1.29, 1.82) is 5.26 Å². The largest absolute Gasteiger partial charge is 0.616 e. The summed E-state index contributed by atoms with van der Waals surface area (Å²) in [5.41, 5.74) is 2.55. The van der Waals surface area contributed by atoms with Gasteiger partial charge in [0.05, 0.1) is 12.3 Å². The molecule has 0 aliphatic carbocycles. The summed E-state index contributed by atoms with van der Waals surface area (Å²) in [5, 5.41) is 10.7. The lowest BCUT2D eigenvalue weighted by Crippen LogP contribution is -2.11. The van der Waals surface area contributed by atoms with Crippen molar-refractivity contribution in [3.8, 4) is 28.7 Å². The first-order valence-electron chi connectivity index (χ1n) is 8.97. The van der Waals surface area contributed by atoms with Gasteiger partial charge in [-0.05, 0) is 23.3 Å². The highest BCUT2D eigenvalue weighted by molar-refractivity contribution is 8.12. The molecular formula is C21H20N4O2S2. The first-order chi connectivity index (χ1) is 14.2. The van der Waals surface area contributed by atoms with Crippen molar-refractivity contribution < 1.29 is 9.29 Å². The Bertz CT molecular complexity index is 966. The molecule has 0 amide bonds. The summed E-state index contributed by atoms with van der Waals surface area (Å²) in [4.78, 5) is 13.4. The number of aromatic nitrogens is 3. The summed E-state index contributed by atoms with van der Waals surface area (Å²) in [5.74, 6) is 1.04. The molecule has 0 fully saturated rings. The molecule has 2 aromatic heterocycles. The molecule has 3 aromatic rings. The maximum atomic E-state index is 12.3. The van der Waals surface area contributed by atoms with Crippen LogP contribution in [0.5, 0.6) is 0 Å². The minimum atomic E-state index is -1.03. The second kappa shape index (κ2) is 10.9. The fourth-order valence-corrected chi connectivity index (χ4v) is 4.94. The molecule has 6 nitrogen and oxygen atoms in total. The average Bonchev–Trinajstić information content (AvgIpc) is 2.78. The standard InChI is InChI=1S/C21H20N4O2S2/c1-27-11-6-12-29(26)15-28-21-18(13-22)19(16-7-3-2-4-8-16)24-20(25-21)17-9-5-10-23-14-17/h2-5,7-10,14H,6,11-12,15H2,1H3. The molecule has 0 saturated carbocycles. The number of pyridine rings is 1. The van der Waals surface area contributed by atoms with E-state index in [1.54, 1.807) is 19.5 Å². The summed E-state index contributed by atoms with van der Waals surface area (Å²) in [6, 6.07) is 15.5. The maximum Gasteiger partial charge on any atom is 0.162 e. The van der Waals surface area contributed by atoms with E-state index in [0.29, 0.717) is 39.6 Å². The lowest BCUT2D eigenvalue weighted by molar-refractivity contribution is 0.199. The zero-order chi connectivity index (χ0) is 20.5. The van der Waals surface area contributed by atoms with E-state index in [2.05, 4.69) is 21.0 Å². The van der Waals surface area contributed by atoms with Gasteiger partial charge in [0.2, 0.25) is 0 Å². The summed E-state index contributed by atoms with van der Waals surface area (Å²) in [6.45, 7) is 0.580. The maximum absolute atomic E-state index is 12.3. The van der Waals surface area contributed by atoms with Crippen LogP contribution in [0.1, 0.15) is 12.0 Å². The third-order valence-electron chi connectivity index (χ3n) is 4.00. The van der Waals surface area contributed by atoms with Gasteiger partial charge in [0, 0.05) is 37.1 Å². The Kier molecular flexibility index (Phi) is 8.02. The van der Waals surface area contributed by atoms with E-state index < -0.39 is 11.2 Å². The van der Waals surface area contributed by atoms with Crippen LogP contribution < -0.4 is 0 Å². The van der Waals surface area contributed by atoms with E-state index in [0.717, 1.165) is 17.5 Å². The molecule has 1 aromatic carbocycles. The van der Waals surface area contributed by atoms with E-state index in [1.165, 1.54) is 11.8 Å². The van der Waals surface area contributed by atoms with Crippen LogP contribution in [0.25, 0.3) is 22.6 Å². The van der Waals surface area contributed by atoms with Crippen molar-refractivity contribution in [1.82, 2.24) is 15.0 Å². The SMILES string of the molecule is COCCC[S+]([O-])CSc1nc(-c2cccnc2)nc(-c2ccccc2)c1C#N. The van der Waals surface area contributed by atoms with Crippen LogP contribution in [-0.2, 0) is 15.9 Å². The quantitative estimate of drug-likeness (QED) is 0.222. The number of methoxy groups -OCH3 is 1. The number of thioether (sulfide) groups is 1. The number of ether oxygens (including phenoxy) is 1. The van der Waals surface area contributed by atoms with Crippen molar-refractivity contribution in [2.24, 2.45) is 0 Å². The predicted octanol–water partition coefficient (Wildman–Crippen LogP) is 3.91. The van der Waals surface area contributed by atoms with Crippen molar-refractivity contribution >= 4 is 22.9 Å². The van der Waals surface area contributed by atoms with E-state index in [1.807, 2.05) is 42.5 Å². The van der Waals surface area contributed by atoms with Gasteiger partial charge in [-0.3, -0.25) is 4.98 Å². The number of benzene rings is 1. The van der Waals surface area contributed by atoms with Gasteiger partial charge in [-0.25, -0.2) is 9.97 Å². The van der Waals surface area contributed by atoms with Crippen LogP contribution >= 0.6 is 11.8 Å². The van der Waals surface area contributed by atoms with Crippen LogP contribution in [0, 0.1) is 11.3 Å². The van der Waals surface area contributed by atoms with Gasteiger partial charge in [0.1, 0.15) is 22.4 Å². The number of hydrogen-bond acceptors (Lipinski definition) is 7. The highest BCUT2D eigenvalue weighted by atomic mass is 32.3. The monoisotopic (exact) mass is 424 g/mol. The fourth-order valence-electron chi connectivity index (χ4n) is 2.62. The molecular weight excluding hydrogens is 404 g/mol. The summed E-state index contributed by atoms with van der Waals surface area (Å²) in [6.07, 6.45) is 4.10. The third-order valence-corrected chi connectivity index (χ3v) is 6.84. The number of hydrogen-bond donors (Lipinski definition) is 0. The molecule has 3 rings (SSSR count). The van der Waals surface area contributed by atoms with Crippen LogP contribution in [0.2, 0.25) is 0 Å². The van der Waals surface area contributed by atoms with E-state index in [4.69, 9.17) is 4.74 Å². The second-order valence-corrected chi connectivity index (χ2v) is 8.95. The molecule has 29 heavy (non-hydrogen) atoms. The second-order valence-electron chi connectivity index (χ2n) is 6.05. The Hall–Kier alpha value is -2.44. The molecule has 0 aliphatic heterocycles. The van der Waals surface area contributed by atoms with E-state index in [9.17, 15) is 9.81 Å². The third kappa shape index (κ3) is 5.78. The highest BCUT2D eigenvalue weighted by Crippen LogP contribution is 2.32. The lowest BCUT2D eigenvalue weighted by atomic mass is 10.1. The van der Waals surface area contributed by atoms with Crippen LogP contribution in [0.3, 0.4) is 0 Å². The number of nitriles is 1. The predicted molar refractivity (Wildman–Crippen MR) is 116 cm³/mol. The van der Waals surface area contributed by atoms with E-state index >= 15 is 0 Å². The van der Waals surface area contributed by atoms with Gasteiger partial charge >= 0.3 is 0 Å². The van der Waals surface area contributed by atoms with E-state index in [-0.39, 0.29) is 0 Å². The molecule has 0 N–H and O–H groups in total. The first kappa shape index (κ1) is 21.3. The molecule has 0 spiro atoms. The lowest BCUT2D eigenvalue weighted by Gasteiger charge is -2.13. The Morgan fingerprint density at radius 2 is 1.93 bits per heavy atom. The molecule has 0 aliphatic rings. The van der Waals surface area contributed by atoms with Crippen LogP contribution in [0.4, 0.5) is 0 Å². The Balaban J connectivity index is 1.96. The molecule has 1 unspecified atom stereocenters. The summed E-state index contributed by atoms with van der Waals surface area (Å²) < 4.78 is 17.3. The molecule has 0 saturated heterocycles. The van der Waals surface area contributed by atoms with Crippen molar-refractivity contribution in [3.05, 3.63) is 60.4 Å². The molecule has 1 atom stereocenters. The minimum Gasteiger partial charge on any atom is -0.616 e. The molecule has 8 heteroatoms. The zero-order valence-electron chi connectivity index (χ0n) is 15.9. The molecule has 0 radical (unpaired) electrons. The van der Waals surface area contributed by atoms with Crippen LogP contribution in [0.15, 0.2) is 59.9 Å². The number of rotatable bonds is 9. The van der Waals surface area contributed by atoms with Crippen LogP contribution in [-0.4, -0.2) is 44.1 Å². The molecule has 2 heterocycles. The first-order valence-corrected chi connectivity index (χ1v) is 11.4. The minimum absolute atomic E-state index is 0.357. The Morgan fingerprint density at radius 1 is 1.14 bits per heavy atom. The smallest absolute Gasteiger partial charge is 0.162 e.